The fourth-order valence-corrected chi connectivity index (χ4v) is 20.9. The number of likely N-dealkylation sites (tertiary alicyclic amines) is 1. The Hall–Kier alpha value is -7.89. The van der Waals surface area contributed by atoms with Crippen LogP contribution in [-0.4, -0.2) is 327 Å². The monoisotopic (exact) mass is 2080 g/mol. The summed E-state index contributed by atoms with van der Waals surface area (Å²) in [4.78, 5) is 151. The maximum Gasteiger partial charge on any atom is 0.329 e. The van der Waals surface area contributed by atoms with E-state index < -0.39 is 234 Å². The van der Waals surface area contributed by atoms with E-state index in [0.29, 0.717) is 114 Å². The van der Waals surface area contributed by atoms with Gasteiger partial charge >= 0.3 is 23.9 Å². The highest BCUT2D eigenvalue weighted by Gasteiger charge is 2.56. The van der Waals surface area contributed by atoms with Gasteiger partial charge in [0.05, 0.1) is 74.8 Å². The number of cyclic esters (lactones) is 1. The van der Waals surface area contributed by atoms with E-state index in [1.807, 2.05) is 84.1 Å². The van der Waals surface area contributed by atoms with Crippen LogP contribution in [0.4, 0.5) is 0 Å². The molecule has 0 aromatic heterocycles. The van der Waals surface area contributed by atoms with E-state index in [9.17, 15) is 109 Å². The molecule has 11 N–H and O–H groups in total. The smallest absolute Gasteiger partial charge is 0.329 e. The van der Waals surface area contributed by atoms with Gasteiger partial charge in [0.25, 0.3) is 23.4 Å². The summed E-state index contributed by atoms with van der Waals surface area (Å²) in [6.45, 7) is 25.5. The summed E-state index contributed by atoms with van der Waals surface area (Å²) in [5.41, 5.74) is -1.86. The van der Waals surface area contributed by atoms with Crippen LogP contribution in [0.15, 0.2) is 107 Å². The van der Waals surface area contributed by atoms with Crippen molar-refractivity contribution in [1.82, 2.24) is 9.80 Å². The van der Waals surface area contributed by atoms with Gasteiger partial charge in [0.1, 0.15) is 71.4 Å². The molecule has 4 saturated heterocycles. The number of hydrogen-bond donors (Lipinski definition) is 11. The number of fused-ring (bicyclic) bond motifs is 3. The van der Waals surface area contributed by atoms with E-state index in [-0.39, 0.29) is 92.1 Å². The van der Waals surface area contributed by atoms with Crippen LogP contribution in [0.5, 0.6) is 0 Å². The second kappa shape index (κ2) is 59.9. The Balaban J connectivity index is 0.000000449. The van der Waals surface area contributed by atoms with E-state index in [4.69, 9.17) is 52.1 Å². The van der Waals surface area contributed by atoms with Crippen molar-refractivity contribution in [2.75, 3.05) is 82.2 Å². The molecule has 5 aliphatic heterocycles. The maximum atomic E-state index is 14.5. The number of allylic oxidation sites excluding steroid dienone is 11. The summed E-state index contributed by atoms with van der Waals surface area (Å²) in [5, 5.41) is 117. The minimum absolute atomic E-state index is 0.00266. The zero-order chi connectivity index (χ0) is 110. The number of carbonyl (C=O) groups excluding carboxylic acids is 10. The molecule has 0 spiro atoms. The van der Waals surface area contributed by atoms with Gasteiger partial charge in [-0.3, -0.25) is 43.2 Å². The van der Waals surface area contributed by atoms with Crippen LogP contribution in [0.2, 0.25) is 0 Å². The highest BCUT2D eigenvalue weighted by molar-refractivity contribution is 6.39. The number of esters is 3. The standard InChI is InChI=1S/C56H87NO17.C56H89NO16/c1-33-17-13-12-15-23-55(8,67)30-37(5)48(62)49(71-11)47(61)36(4)25-34(2)42(60)29-45(35(3)26-39-20-22-43(46(27-39)70-10)73-53(66)54(7,31-58)32-59)72-52(65)41-18-14-16-24-57(41)51(64)50(63)56(68)38(6)19-21-40(74-56)28-44(33)69-9;1-34(17-13-12-14-18-36(3)46(69-9)31-42-23-21-40(7)56(68,73-42)51(63)52(64)57-26-16-15-19-43(57)53(65)66)27-38(5)48(61)50(71-11)49(62)39(6)29-37(4)44(60)24-20-35(2)28-41-22-25-45(47(30-41)70-10)72-54(67)55(8,32-58)33-59/h12-13,15,17,23,25,34-35,37-41,43-47,49,58-59,61,67-68H,14,16,18-22,24,26-32H2,1-11H3;12-14,17-18,20,24,29,34-35,37-38,40-47,49-50,58-60,62,68H,15-16,19,21-23,25-28,30-33H2,1-11H3,(H,65,66)/b13-12?,23-15+,33-17?,36-25+;14-12+,17-13+,24-20+,36-18+,39-29+. The second-order valence-electron chi connectivity index (χ2n) is 43.6. The Morgan fingerprint density at radius 2 is 1.21 bits per heavy atom. The number of nitrogens with zero attached hydrogens (tertiary/aromatic N) is 2. The number of carbonyl (C=O) groups is 11. The summed E-state index contributed by atoms with van der Waals surface area (Å²) < 4.78 is 64.0. The van der Waals surface area contributed by atoms with Gasteiger partial charge in [-0.2, -0.15) is 0 Å². The van der Waals surface area contributed by atoms with Crippen molar-refractivity contribution in [3.8, 4) is 0 Å². The second-order valence-corrected chi connectivity index (χ2v) is 43.6. The first-order valence-electron chi connectivity index (χ1n) is 52.6. The number of ether oxygens (including phenoxy) is 11. The molecule has 2 aliphatic carbocycles. The van der Waals surface area contributed by atoms with Crippen LogP contribution < -0.4 is 0 Å². The number of carboxylic acid groups (broad SMARTS) is 1. The van der Waals surface area contributed by atoms with Crippen LogP contribution in [0, 0.1) is 75.9 Å². The number of aliphatic hydroxyl groups excluding tert-OH is 7. The minimum atomic E-state index is -2.50. The van der Waals surface area contributed by atoms with Crippen molar-refractivity contribution in [3.63, 3.8) is 0 Å². The molecule has 2 amide bonds. The maximum absolute atomic E-state index is 14.5. The molecule has 2 saturated carbocycles. The van der Waals surface area contributed by atoms with Crippen LogP contribution >= 0.6 is 0 Å². The highest BCUT2D eigenvalue weighted by atomic mass is 16.7. The van der Waals surface area contributed by atoms with E-state index in [0.717, 1.165) is 33.8 Å². The molecule has 7 aliphatic rings. The molecule has 0 aromatic rings. The number of aliphatic carboxylic acids is 1. The van der Waals surface area contributed by atoms with Crippen molar-refractivity contribution in [1.29, 1.82) is 0 Å². The normalized spacial score (nSPS) is 32.6. The molecule has 35 heteroatoms. The van der Waals surface area contributed by atoms with Crippen molar-refractivity contribution < 1.29 is 161 Å². The lowest BCUT2D eigenvalue weighted by Crippen LogP contribution is -2.61. The van der Waals surface area contributed by atoms with E-state index in [1.54, 1.807) is 99.1 Å². The Morgan fingerprint density at radius 3 is 1.78 bits per heavy atom. The third-order valence-electron chi connectivity index (χ3n) is 31.2. The number of methoxy groups -OCH3 is 6. The zero-order valence-electron chi connectivity index (χ0n) is 91.0. The first-order chi connectivity index (χ1) is 69.2. The fraction of sp³-hybridized carbons (Fsp3) is 0.741. The molecular weight excluding hydrogens is 1900 g/mol. The highest BCUT2D eigenvalue weighted by Crippen LogP contribution is 2.43. The Morgan fingerprint density at radius 1 is 0.619 bits per heavy atom. The van der Waals surface area contributed by atoms with Crippen LogP contribution in [0.25, 0.3) is 0 Å². The predicted molar refractivity (Wildman–Crippen MR) is 547 cm³/mol. The molecule has 0 aromatic carbocycles. The van der Waals surface area contributed by atoms with Crippen LogP contribution in [0.1, 0.15) is 258 Å². The van der Waals surface area contributed by atoms with Crippen LogP contribution in [-0.2, 0) is 105 Å². The topological polar surface area (TPSA) is 518 Å². The molecule has 832 valence electrons. The number of piperidine rings is 2. The lowest BCUT2D eigenvalue weighted by Gasteiger charge is -2.42. The largest absolute Gasteiger partial charge is 0.480 e. The number of hydrogen-bond acceptors (Lipinski definition) is 32. The van der Waals surface area contributed by atoms with E-state index in [1.165, 1.54) is 48.4 Å². The van der Waals surface area contributed by atoms with Gasteiger partial charge in [-0.25, -0.2) is 9.59 Å². The van der Waals surface area contributed by atoms with Crippen molar-refractivity contribution in [2.45, 2.75) is 373 Å². The van der Waals surface area contributed by atoms with Gasteiger partial charge in [0, 0.05) is 111 Å². The summed E-state index contributed by atoms with van der Waals surface area (Å²) >= 11 is 0. The quantitative estimate of drug-likeness (QED) is 0.00899. The molecule has 6 fully saturated rings. The van der Waals surface area contributed by atoms with Gasteiger partial charge in [-0.1, -0.05) is 147 Å². The number of aliphatic hydroxyl groups is 10. The predicted octanol–water partition coefficient (Wildman–Crippen LogP) is 10.7. The van der Waals surface area contributed by atoms with Crippen molar-refractivity contribution in [3.05, 3.63) is 107 Å². The summed E-state index contributed by atoms with van der Waals surface area (Å²) in [5.74, 6) is -17.8. The third kappa shape index (κ3) is 35.9. The number of ketones is 5. The Labute approximate surface area is 869 Å². The summed E-state index contributed by atoms with van der Waals surface area (Å²) in [6.07, 6.45) is 23.6. The van der Waals surface area contributed by atoms with Gasteiger partial charge in [-0.15, -0.1) is 0 Å². The number of rotatable bonds is 38. The lowest BCUT2D eigenvalue weighted by molar-refractivity contribution is -0.265. The molecule has 30 atom stereocenters. The first-order valence-corrected chi connectivity index (χ1v) is 52.6. The van der Waals surface area contributed by atoms with Crippen molar-refractivity contribution >= 4 is 64.6 Å². The van der Waals surface area contributed by atoms with Crippen LogP contribution in [0.3, 0.4) is 0 Å². The average molecular weight is 2080 g/mol. The minimum Gasteiger partial charge on any atom is -0.480 e. The SMILES string of the molecule is COC(CC1CCC(C)C(O)(C(=O)C(=O)N2CCCCC2C(=O)O)O1)/C(C)=C/C=C/C=C/C(C)CC(C)C(=O)C(OC)C(O)/C(C)=C/C(C)C(O)/C=C/C(C)CC1CCC(OC(=O)C(C)(CO)CO)C(OC)C1.COC1CC2CCC(C)C(O)(O2)C(=O)C(=O)N2CCCCC2C(=O)OC(C(C)CC2CCC(OC(=O)C(C)(CO)CO)C(OC)C2)CC(=O)C(C)/C=C(\C)C(O)C(OC)C(=O)C(C)CC(C)(O)/C=C/C=CC=C1C. The number of carboxylic acids is 1. The molecule has 0 radical (unpaired) electrons. The molecule has 7 rings (SSSR count). The molecule has 35 nitrogen and oxygen atoms in total. The summed E-state index contributed by atoms with van der Waals surface area (Å²) in [7, 11) is 8.85. The van der Waals surface area contributed by atoms with Crippen molar-refractivity contribution in [2.24, 2.45) is 75.9 Å². The first kappa shape index (κ1) is 128. The zero-order valence-corrected chi connectivity index (χ0v) is 91.0. The lowest BCUT2D eigenvalue weighted by atomic mass is 9.78. The molecule has 30 unspecified atom stereocenters. The molecule has 5 heterocycles. The van der Waals surface area contributed by atoms with Gasteiger partial charge in [0.15, 0.2) is 11.6 Å². The van der Waals surface area contributed by atoms with Gasteiger partial charge in [0.2, 0.25) is 11.6 Å². The van der Waals surface area contributed by atoms with Gasteiger partial charge < -0.3 is 118 Å². The van der Waals surface area contributed by atoms with E-state index >= 15 is 0 Å². The van der Waals surface area contributed by atoms with Gasteiger partial charge in [-0.05, 0) is 229 Å². The number of Topliss-reactive ketones (excluding diaryl/α,β-unsaturated/α-hetero) is 5. The molecule has 147 heavy (non-hydrogen) atoms. The van der Waals surface area contributed by atoms with E-state index in [2.05, 4.69) is 6.92 Å². The Kier molecular flexibility index (Phi) is 52.1. The summed E-state index contributed by atoms with van der Waals surface area (Å²) in [6, 6.07) is -2.34. The Bertz CT molecular complexity index is 4580. The number of amides is 2. The average Bonchev–Trinajstić information content (AvgIpc) is 0.774. The fourth-order valence-electron chi connectivity index (χ4n) is 20.9. The molecular formula is C112H176N2O33. The third-order valence-corrected chi connectivity index (χ3v) is 31.2. The molecule has 2 bridgehead atoms.